The molecule has 0 radical (unpaired) electrons. The Morgan fingerprint density at radius 1 is 0.976 bits per heavy atom. The number of halogens is 2. The molecule has 3 aromatic carbocycles. The Morgan fingerprint density at radius 3 is 2.45 bits per heavy atom. The molecule has 2 unspecified atom stereocenters. The first kappa shape index (κ1) is 29.2. The maximum Gasteiger partial charge on any atom is 0.336 e. The van der Waals surface area contributed by atoms with Gasteiger partial charge < -0.3 is 24.3 Å². The predicted molar refractivity (Wildman–Crippen MR) is 156 cm³/mol. The Balaban J connectivity index is 1.46. The van der Waals surface area contributed by atoms with Gasteiger partial charge in [-0.25, -0.2) is 9.18 Å². The first-order valence-corrected chi connectivity index (χ1v) is 13.9. The zero-order chi connectivity index (χ0) is 29.8. The number of carbonyl (C=O) groups excluding carboxylic acids is 2. The molecule has 0 aromatic heterocycles. The first-order chi connectivity index (χ1) is 20.3. The maximum absolute atomic E-state index is 15.4. The highest BCUT2D eigenvalue weighted by molar-refractivity contribution is 6.31. The Hall–Kier alpha value is -4.30. The number of dihydropyridines is 1. The van der Waals surface area contributed by atoms with Crippen LogP contribution in [-0.4, -0.2) is 39.2 Å². The van der Waals surface area contributed by atoms with Gasteiger partial charge in [0.2, 0.25) is 0 Å². The molecule has 0 amide bonds. The molecule has 3 aromatic rings. The zero-order valence-corrected chi connectivity index (χ0v) is 24.3. The van der Waals surface area contributed by atoms with Gasteiger partial charge in [0.05, 0.1) is 25.7 Å². The first-order valence-electron chi connectivity index (χ1n) is 13.6. The molecule has 42 heavy (non-hydrogen) atoms. The number of carbonyl (C=O) groups is 2. The summed E-state index contributed by atoms with van der Waals surface area (Å²) in [4.78, 5) is 27.4. The number of allylic oxidation sites excluding steroid dienone is 3. The molecule has 2 atom stereocenters. The number of nitrogens with one attached hydrogen (secondary N) is 1. The van der Waals surface area contributed by atoms with Gasteiger partial charge >= 0.3 is 5.97 Å². The van der Waals surface area contributed by atoms with Gasteiger partial charge in [0, 0.05) is 34.0 Å². The number of esters is 1. The Kier molecular flexibility index (Phi) is 8.83. The number of hydrogen-bond donors (Lipinski definition) is 1. The molecular formula is C33H31ClFNO6. The van der Waals surface area contributed by atoms with Crippen molar-refractivity contribution in [2.24, 2.45) is 0 Å². The normalized spacial score (nSPS) is 18.3. The minimum Gasteiger partial charge on any atom is -0.493 e. The molecule has 0 fully saturated rings. The van der Waals surface area contributed by atoms with Crippen LogP contribution in [0, 0.1) is 5.82 Å². The van der Waals surface area contributed by atoms with Gasteiger partial charge in [0.1, 0.15) is 24.8 Å². The van der Waals surface area contributed by atoms with E-state index in [0.717, 1.165) is 5.56 Å². The molecule has 1 aliphatic heterocycles. The summed E-state index contributed by atoms with van der Waals surface area (Å²) in [5.41, 5.74) is 2.51. The SMILES string of the molecule is COc1ccc(C2CC(=O)C3=C(C2)NC(C)=C(C(=O)OCCOc2ccccc2)C3c2c(F)cccc2Cl)cc1OC. The second-order valence-electron chi connectivity index (χ2n) is 10.1. The third kappa shape index (κ3) is 5.85. The van der Waals surface area contributed by atoms with Crippen LogP contribution in [0.3, 0.4) is 0 Å². The number of rotatable bonds is 9. The standard InChI is InChI=1S/C33H31ClFNO6/c1-19-29(33(38)42-15-14-41-22-8-5-4-6-9-22)32(30-23(34)10-7-11-24(30)35)31-25(36-19)16-21(17-26(31)37)20-12-13-27(39-2)28(18-20)40-3/h4-13,18,21,32,36H,14-17H2,1-3H3. The van der Waals surface area contributed by atoms with Crippen LogP contribution in [0.4, 0.5) is 4.39 Å². The van der Waals surface area contributed by atoms with E-state index < -0.39 is 17.7 Å². The van der Waals surface area contributed by atoms with Crippen LogP contribution in [0.15, 0.2) is 89.3 Å². The van der Waals surface area contributed by atoms with Crippen molar-refractivity contribution in [2.75, 3.05) is 27.4 Å². The third-order valence-corrected chi connectivity index (χ3v) is 7.87. The van der Waals surface area contributed by atoms with Crippen LogP contribution < -0.4 is 19.5 Å². The number of methoxy groups -OCH3 is 2. The minimum atomic E-state index is -1.03. The maximum atomic E-state index is 15.4. The van der Waals surface area contributed by atoms with Gasteiger partial charge in [-0.2, -0.15) is 0 Å². The molecule has 0 spiro atoms. The summed E-state index contributed by atoms with van der Waals surface area (Å²) in [6.07, 6.45) is 0.620. The van der Waals surface area contributed by atoms with Gasteiger partial charge in [-0.05, 0) is 61.2 Å². The quantitative estimate of drug-likeness (QED) is 0.225. The largest absolute Gasteiger partial charge is 0.493 e. The van der Waals surface area contributed by atoms with E-state index in [1.807, 2.05) is 30.3 Å². The molecule has 2 aliphatic rings. The molecular weight excluding hydrogens is 561 g/mol. The smallest absolute Gasteiger partial charge is 0.336 e. The van der Waals surface area contributed by atoms with Crippen molar-refractivity contribution in [3.63, 3.8) is 0 Å². The van der Waals surface area contributed by atoms with Gasteiger partial charge in [0.15, 0.2) is 17.3 Å². The van der Waals surface area contributed by atoms with Gasteiger partial charge in [0.25, 0.3) is 0 Å². The fourth-order valence-corrected chi connectivity index (χ4v) is 5.89. The van der Waals surface area contributed by atoms with Gasteiger partial charge in [-0.15, -0.1) is 0 Å². The van der Waals surface area contributed by atoms with Gasteiger partial charge in [-0.3, -0.25) is 4.79 Å². The molecule has 0 bridgehead atoms. The Morgan fingerprint density at radius 2 is 1.74 bits per heavy atom. The van der Waals surface area contributed by atoms with Crippen molar-refractivity contribution >= 4 is 23.4 Å². The Bertz CT molecular complexity index is 1550. The third-order valence-electron chi connectivity index (χ3n) is 7.54. The number of para-hydroxylation sites is 1. The van der Waals surface area contributed by atoms with Crippen molar-refractivity contribution < 1.29 is 32.9 Å². The van der Waals surface area contributed by atoms with Crippen LogP contribution in [0.25, 0.3) is 0 Å². The molecule has 0 saturated carbocycles. The average Bonchev–Trinajstić information content (AvgIpc) is 2.98. The number of ether oxygens (including phenoxy) is 4. The lowest BCUT2D eigenvalue weighted by molar-refractivity contribution is -0.140. The summed E-state index contributed by atoms with van der Waals surface area (Å²) in [6, 6.07) is 19.0. The number of ketones is 1. The van der Waals surface area contributed by atoms with Crippen molar-refractivity contribution in [1.29, 1.82) is 0 Å². The van der Waals surface area contributed by atoms with E-state index in [9.17, 15) is 9.59 Å². The van der Waals surface area contributed by atoms with E-state index >= 15 is 4.39 Å². The molecule has 1 N–H and O–H groups in total. The summed E-state index contributed by atoms with van der Waals surface area (Å²) < 4.78 is 37.4. The summed E-state index contributed by atoms with van der Waals surface area (Å²) in [7, 11) is 3.12. The van der Waals surface area contributed by atoms with Crippen LogP contribution in [-0.2, 0) is 14.3 Å². The number of hydrogen-bond acceptors (Lipinski definition) is 7. The minimum absolute atomic E-state index is 0.0382. The molecule has 218 valence electrons. The number of benzene rings is 3. The zero-order valence-electron chi connectivity index (χ0n) is 23.5. The summed E-state index contributed by atoms with van der Waals surface area (Å²) in [5.74, 6) is -0.905. The van der Waals surface area contributed by atoms with Crippen molar-refractivity contribution in [3.05, 3.63) is 111 Å². The fourth-order valence-electron chi connectivity index (χ4n) is 5.62. The highest BCUT2D eigenvalue weighted by Crippen LogP contribution is 2.48. The molecule has 1 heterocycles. The van der Waals surface area contributed by atoms with Crippen LogP contribution in [0.2, 0.25) is 5.02 Å². The second kappa shape index (κ2) is 12.7. The fraction of sp³-hybridized carbons (Fsp3) is 0.273. The molecule has 9 heteroatoms. The molecule has 1 aliphatic carbocycles. The monoisotopic (exact) mass is 591 g/mol. The van der Waals surface area contributed by atoms with E-state index in [-0.39, 0.29) is 47.5 Å². The topological polar surface area (TPSA) is 83.1 Å². The highest BCUT2D eigenvalue weighted by atomic mass is 35.5. The van der Waals surface area contributed by atoms with Crippen molar-refractivity contribution in [1.82, 2.24) is 5.32 Å². The van der Waals surface area contributed by atoms with E-state index in [1.54, 1.807) is 45.4 Å². The van der Waals surface area contributed by atoms with E-state index in [0.29, 0.717) is 40.6 Å². The summed E-state index contributed by atoms with van der Waals surface area (Å²) in [5, 5.41) is 3.39. The average molecular weight is 592 g/mol. The predicted octanol–water partition coefficient (Wildman–Crippen LogP) is 6.48. The lowest BCUT2D eigenvalue weighted by atomic mass is 9.71. The number of Topliss-reactive ketones (excluding diaryl/α,β-unsaturated/α-hetero) is 1. The van der Waals surface area contributed by atoms with Crippen LogP contribution >= 0.6 is 11.6 Å². The van der Waals surface area contributed by atoms with Gasteiger partial charge in [-0.1, -0.05) is 41.9 Å². The van der Waals surface area contributed by atoms with E-state index in [2.05, 4.69) is 5.32 Å². The lowest BCUT2D eigenvalue weighted by Gasteiger charge is -2.37. The van der Waals surface area contributed by atoms with Crippen molar-refractivity contribution in [3.8, 4) is 17.2 Å². The Labute approximate surface area is 248 Å². The highest BCUT2D eigenvalue weighted by Gasteiger charge is 2.43. The lowest BCUT2D eigenvalue weighted by Crippen LogP contribution is -2.36. The molecule has 0 saturated heterocycles. The molecule has 5 rings (SSSR count). The van der Waals surface area contributed by atoms with Crippen LogP contribution in [0.1, 0.15) is 42.7 Å². The van der Waals surface area contributed by atoms with Crippen molar-refractivity contribution in [2.45, 2.75) is 31.6 Å². The summed E-state index contributed by atoms with van der Waals surface area (Å²) >= 11 is 6.53. The van der Waals surface area contributed by atoms with E-state index in [1.165, 1.54) is 12.1 Å². The van der Waals surface area contributed by atoms with E-state index in [4.69, 9.17) is 30.5 Å². The summed E-state index contributed by atoms with van der Waals surface area (Å²) in [6.45, 7) is 1.80. The van der Waals surface area contributed by atoms with Crippen LogP contribution in [0.5, 0.6) is 17.2 Å². The second-order valence-corrected chi connectivity index (χ2v) is 10.5. The molecule has 7 nitrogen and oxygen atoms in total.